The molecule has 0 atom stereocenters. The van der Waals surface area contributed by atoms with Gasteiger partial charge in [-0.2, -0.15) is 13.2 Å². The van der Waals surface area contributed by atoms with E-state index in [1.807, 2.05) is 0 Å². The number of fused-ring (bicyclic) bond motifs is 1. The lowest BCUT2D eigenvalue weighted by atomic mass is 9.86. The first-order valence-corrected chi connectivity index (χ1v) is 6.80. The first-order chi connectivity index (χ1) is 11.0. The van der Waals surface area contributed by atoms with E-state index in [4.69, 9.17) is 4.74 Å². The van der Waals surface area contributed by atoms with Crippen molar-refractivity contribution in [1.82, 2.24) is 9.38 Å². The number of ether oxygens (including phenoxy) is 2. The molecule has 2 aromatic heterocycles. The third-order valence-corrected chi connectivity index (χ3v) is 3.58. The van der Waals surface area contributed by atoms with Crippen molar-refractivity contribution >= 4 is 17.4 Å². The molecule has 0 unspecified atom stereocenters. The van der Waals surface area contributed by atoms with E-state index in [0.29, 0.717) is 6.20 Å². The molecule has 9 heteroatoms. The minimum absolute atomic E-state index is 0.0675. The summed E-state index contributed by atoms with van der Waals surface area (Å²) in [6, 6.07) is 2.60. The van der Waals surface area contributed by atoms with Gasteiger partial charge in [0.25, 0.3) is 0 Å². The number of nitrogens with zero attached hydrogens (tertiary/aromatic N) is 2. The summed E-state index contributed by atoms with van der Waals surface area (Å²) in [7, 11) is 2.40. The smallest absolute Gasteiger partial charge is 0.434 e. The molecule has 0 fully saturated rings. The van der Waals surface area contributed by atoms with Gasteiger partial charge in [0.1, 0.15) is 5.41 Å². The molecule has 0 aromatic carbocycles. The number of methoxy groups -OCH3 is 2. The predicted molar refractivity (Wildman–Crippen MR) is 76.9 cm³/mol. The number of esters is 1. The van der Waals surface area contributed by atoms with Gasteiger partial charge in [0.15, 0.2) is 22.9 Å². The van der Waals surface area contributed by atoms with Gasteiger partial charge >= 0.3 is 12.1 Å². The van der Waals surface area contributed by atoms with E-state index in [-0.39, 0.29) is 17.1 Å². The summed E-state index contributed by atoms with van der Waals surface area (Å²) in [6.45, 7) is 2.66. The second-order valence-corrected chi connectivity index (χ2v) is 5.55. The van der Waals surface area contributed by atoms with Crippen molar-refractivity contribution in [3.05, 3.63) is 29.7 Å². The normalized spacial score (nSPS) is 12.3. The molecule has 0 saturated heterocycles. The summed E-state index contributed by atoms with van der Waals surface area (Å²) in [5.74, 6) is -1.43. The molecule has 6 nitrogen and oxygen atoms in total. The van der Waals surface area contributed by atoms with E-state index in [0.717, 1.165) is 11.5 Å². The van der Waals surface area contributed by atoms with E-state index < -0.39 is 29.0 Å². The molecule has 2 rings (SSSR count). The van der Waals surface area contributed by atoms with Crippen LogP contribution in [-0.4, -0.2) is 35.4 Å². The van der Waals surface area contributed by atoms with E-state index in [9.17, 15) is 22.8 Å². The molecule has 0 radical (unpaired) electrons. The third kappa shape index (κ3) is 2.81. The van der Waals surface area contributed by atoms with Crippen LogP contribution in [-0.2, 0) is 15.7 Å². The molecule has 0 spiro atoms. The van der Waals surface area contributed by atoms with E-state index in [1.54, 1.807) is 0 Å². The quantitative estimate of drug-likeness (QED) is 0.485. The average molecular weight is 344 g/mol. The zero-order valence-corrected chi connectivity index (χ0v) is 13.4. The lowest BCUT2D eigenvalue weighted by Gasteiger charge is -2.20. The van der Waals surface area contributed by atoms with Crippen LogP contribution < -0.4 is 4.74 Å². The van der Waals surface area contributed by atoms with Crippen molar-refractivity contribution in [2.45, 2.75) is 20.0 Å². The molecule has 0 amide bonds. The summed E-state index contributed by atoms with van der Waals surface area (Å²) >= 11 is 0. The van der Waals surface area contributed by atoms with Crippen LogP contribution in [0.3, 0.4) is 0 Å². The second kappa shape index (κ2) is 5.81. The molecule has 0 aliphatic rings. The lowest BCUT2D eigenvalue weighted by molar-refractivity contribution is -0.148. The van der Waals surface area contributed by atoms with Crippen LogP contribution in [0.2, 0.25) is 0 Å². The largest absolute Gasteiger partial charge is 0.493 e. The Morgan fingerprint density at radius 2 is 1.79 bits per heavy atom. The molecule has 24 heavy (non-hydrogen) atoms. The number of ketones is 1. The zero-order valence-electron chi connectivity index (χ0n) is 13.4. The minimum Gasteiger partial charge on any atom is -0.493 e. The van der Waals surface area contributed by atoms with Crippen molar-refractivity contribution in [3.8, 4) is 5.75 Å². The van der Waals surface area contributed by atoms with E-state index >= 15 is 0 Å². The number of aromatic nitrogens is 2. The average Bonchev–Trinajstić information content (AvgIpc) is 2.97. The highest BCUT2D eigenvalue weighted by atomic mass is 19.4. The Labute approximate surface area is 135 Å². The number of imidazole rings is 1. The fourth-order valence-electron chi connectivity index (χ4n) is 2.20. The fourth-order valence-corrected chi connectivity index (χ4v) is 2.20. The first-order valence-electron chi connectivity index (χ1n) is 6.80. The number of halogens is 3. The Hall–Kier alpha value is -2.58. The fraction of sp³-hybridized carbons (Fsp3) is 0.400. The summed E-state index contributed by atoms with van der Waals surface area (Å²) in [6.07, 6.45) is -3.99. The van der Waals surface area contributed by atoms with Crippen molar-refractivity contribution in [3.63, 3.8) is 0 Å². The second-order valence-electron chi connectivity index (χ2n) is 5.55. The van der Waals surface area contributed by atoms with E-state index in [1.165, 1.54) is 33.1 Å². The van der Waals surface area contributed by atoms with Crippen LogP contribution in [0.25, 0.3) is 5.65 Å². The highest BCUT2D eigenvalue weighted by Gasteiger charge is 2.40. The maximum atomic E-state index is 12.9. The van der Waals surface area contributed by atoms with Gasteiger partial charge in [-0.25, -0.2) is 4.98 Å². The zero-order chi connectivity index (χ0) is 18.3. The molecule has 2 aromatic rings. The number of carbonyl (C=O) groups is 2. The Kier molecular flexibility index (Phi) is 4.30. The van der Waals surface area contributed by atoms with Crippen LogP contribution >= 0.6 is 0 Å². The van der Waals surface area contributed by atoms with Gasteiger partial charge < -0.3 is 9.47 Å². The monoisotopic (exact) mass is 344 g/mol. The number of alkyl halides is 3. The predicted octanol–water partition coefficient (Wildman–Crippen LogP) is 2.74. The number of hydrogen-bond acceptors (Lipinski definition) is 5. The number of pyridine rings is 1. The van der Waals surface area contributed by atoms with Gasteiger partial charge in [-0.05, 0) is 26.0 Å². The molecule has 130 valence electrons. The standard InChI is InChI=1S/C15H15F3N2O4/c1-14(2,13(22)24-4)11(21)8-5-6-9(23-3)12-19-10(7-20(8)12)15(16,17)18/h5-7H,1-4H3. The number of hydrogen-bond donors (Lipinski definition) is 0. The van der Waals surface area contributed by atoms with Gasteiger partial charge in [-0.1, -0.05) is 0 Å². The third-order valence-electron chi connectivity index (χ3n) is 3.58. The van der Waals surface area contributed by atoms with Crippen molar-refractivity contribution in [2.75, 3.05) is 14.2 Å². The maximum Gasteiger partial charge on any atom is 0.434 e. The highest BCUT2D eigenvalue weighted by Crippen LogP contribution is 2.33. The van der Waals surface area contributed by atoms with Crippen LogP contribution in [0.15, 0.2) is 18.3 Å². The molecular formula is C15H15F3N2O4. The Balaban J connectivity index is 2.70. The lowest BCUT2D eigenvalue weighted by Crippen LogP contribution is -2.35. The number of rotatable bonds is 4. The molecule has 0 bridgehead atoms. The molecule has 0 saturated carbocycles. The summed E-state index contributed by atoms with van der Waals surface area (Å²) in [4.78, 5) is 28.0. The summed E-state index contributed by atoms with van der Waals surface area (Å²) < 4.78 is 49.3. The van der Waals surface area contributed by atoms with Crippen LogP contribution in [0.4, 0.5) is 13.2 Å². The maximum absolute atomic E-state index is 12.9. The summed E-state index contributed by atoms with van der Waals surface area (Å²) in [5.41, 5.74) is -3.05. The molecule has 0 N–H and O–H groups in total. The van der Waals surface area contributed by atoms with Gasteiger partial charge in [0, 0.05) is 6.20 Å². The van der Waals surface area contributed by atoms with Gasteiger partial charge in [0.2, 0.25) is 0 Å². The molecular weight excluding hydrogens is 329 g/mol. The van der Waals surface area contributed by atoms with Gasteiger partial charge in [0.05, 0.1) is 19.9 Å². The van der Waals surface area contributed by atoms with Gasteiger partial charge in [-0.15, -0.1) is 0 Å². The number of Topliss-reactive ketones (excluding diaryl/α,β-unsaturated/α-hetero) is 1. The Morgan fingerprint density at radius 1 is 1.17 bits per heavy atom. The number of carbonyl (C=O) groups excluding carboxylic acids is 2. The SMILES string of the molecule is COC(=O)C(C)(C)C(=O)c1ccc(OC)c2nc(C(F)(F)F)cn12. The van der Waals surface area contributed by atoms with Crippen molar-refractivity contribution in [2.24, 2.45) is 5.41 Å². The van der Waals surface area contributed by atoms with Crippen LogP contribution in [0, 0.1) is 5.41 Å². The minimum atomic E-state index is -4.69. The molecule has 2 heterocycles. The molecule has 0 aliphatic carbocycles. The Morgan fingerprint density at radius 3 is 2.29 bits per heavy atom. The Bertz CT molecular complexity index is 809. The van der Waals surface area contributed by atoms with Crippen molar-refractivity contribution in [1.29, 1.82) is 0 Å². The summed E-state index contributed by atoms with van der Waals surface area (Å²) in [5, 5.41) is 0. The van der Waals surface area contributed by atoms with Crippen LogP contribution in [0.1, 0.15) is 30.0 Å². The topological polar surface area (TPSA) is 69.9 Å². The van der Waals surface area contributed by atoms with Crippen molar-refractivity contribution < 1.29 is 32.2 Å². The molecule has 0 aliphatic heterocycles. The van der Waals surface area contributed by atoms with Crippen LogP contribution in [0.5, 0.6) is 5.75 Å². The first kappa shape index (κ1) is 17.8. The van der Waals surface area contributed by atoms with Gasteiger partial charge in [-0.3, -0.25) is 14.0 Å². The van der Waals surface area contributed by atoms with E-state index in [2.05, 4.69) is 9.72 Å². The highest BCUT2D eigenvalue weighted by molar-refractivity contribution is 6.11.